The summed E-state index contributed by atoms with van der Waals surface area (Å²) >= 11 is 0. The van der Waals surface area contributed by atoms with Gasteiger partial charge in [0.15, 0.2) is 0 Å². The molecule has 0 aliphatic carbocycles. The Morgan fingerprint density at radius 3 is 2.89 bits per heavy atom. The summed E-state index contributed by atoms with van der Waals surface area (Å²) in [5.74, 6) is 0.570. The first kappa shape index (κ1) is 11.3. The summed E-state index contributed by atoms with van der Waals surface area (Å²) in [6, 6.07) is 4.42. The number of likely N-dealkylation sites (tertiary alicyclic amines) is 1. The molecular weight excluding hydrogens is 226 g/mol. The lowest BCUT2D eigenvalue weighted by atomic mass is 9.90. The van der Waals surface area contributed by atoms with E-state index in [1.54, 1.807) is 0 Å². The highest BCUT2D eigenvalue weighted by Gasteiger charge is 2.19. The molecule has 2 aromatic rings. The minimum absolute atomic E-state index is 0.570. The molecule has 94 valence electrons. The Labute approximate surface area is 106 Å². The lowest BCUT2D eigenvalue weighted by Crippen LogP contribution is -2.31. The molecule has 3 rings (SSSR count). The van der Waals surface area contributed by atoms with Gasteiger partial charge in [0.05, 0.1) is 17.5 Å². The lowest BCUT2D eigenvalue weighted by molar-refractivity contribution is -0.119. The van der Waals surface area contributed by atoms with Gasteiger partial charge in [0.2, 0.25) is 6.41 Å². The van der Waals surface area contributed by atoms with Gasteiger partial charge in [0.1, 0.15) is 0 Å². The Bertz CT molecular complexity index is 567. The number of rotatable bonds is 2. The van der Waals surface area contributed by atoms with Gasteiger partial charge in [-0.15, -0.1) is 0 Å². The highest BCUT2D eigenvalue weighted by molar-refractivity contribution is 5.54. The Morgan fingerprint density at radius 1 is 1.39 bits per heavy atom. The number of pyridine rings is 1. The van der Waals surface area contributed by atoms with E-state index in [4.69, 9.17) is 0 Å². The molecule has 0 aromatic carbocycles. The van der Waals surface area contributed by atoms with Gasteiger partial charge in [-0.2, -0.15) is 0 Å². The second-order valence-electron chi connectivity index (χ2n) is 5.00. The van der Waals surface area contributed by atoms with Crippen LogP contribution in [-0.4, -0.2) is 33.8 Å². The van der Waals surface area contributed by atoms with Crippen molar-refractivity contribution in [3.8, 4) is 0 Å². The molecule has 0 unspecified atom stereocenters. The quantitative estimate of drug-likeness (QED) is 0.756. The maximum Gasteiger partial charge on any atom is 0.209 e. The Morgan fingerprint density at radius 2 is 2.17 bits per heavy atom. The third-order valence-electron chi connectivity index (χ3n) is 3.91. The van der Waals surface area contributed by atoms with Crippen molar-refractivity contribution < 1.29 is 4.79 Å². The van der Waals surface area contributed by atoms with E-state index in [1.807, 2.05) is 18.2 Å². The van der Waals surface area contributed by atoms with E-state index in [-0.39, 0.29) is 0 Å². The van der Waals surface area contributed by atoms with Crippen molar-refractivity contribution in [2.45, 2.75) is 25.7 Å². The molecule has 4 heteroatoms. The zero-order chi connectivity index (χ0) is 12.5. The molecule has 0 saturated carbocycles. The second kappa shape index (κ2) is 4.44. The van der Waals surface area contributed by atoms with E-state index in [2.05, 4.69) is 27.7 Å². The number of hydrogen-bond acceptors (Lipinski definition) is 2. The van der Waals surface area contributed by atoms with Crippen LogP contribution in [0.4, 0.5) is 0 Å². The number of nitrogens with zero attached hydrogens (tertiary/aromatic N) is 3. The number of amides is 1. The van der Waals surface area contributed by atoms with E-state index in [1.165, 1.54) is 11.1 Å². The van der Waals surface area contributed by atoms with Crippen molar-refractivity contribution in [2.24, 2.45) is 0 Å². The Hall–Kier alpha value is -1.84. The first-order valence-corrected chi connectivity index (χ1v) is 6.40. The van der Waals surface area contributed by atoms with Gasteiger partial charge >= 0.3 is 0 Å². The van der Waals surface area contributed by atoms with Crippen LogP contribution in [0.3, 0.4) is 0 Å². The van der Waals surface area contributed by atoms with Crippen LogP contribution in [0.25, 0.3) is 5.52 Å². The maximum atomic E-state index is 10.7. The monoisotopic (exact) mass is 243 g/mol. The fourth-order valence-corrected chi connectivity index (χ4v) is 2.73. The smallest absolute Gasteiger partial charge is 0.209 e. The summed E-state index contributed by atoms with van der Waals surface area (Å²) in [5, 5.41) is 0. The number of fused-ring (bicyclic) bond motifs is 1. The van der Waals surface area contributed by atoms with Crippen molar-refractivity contribution in [3.05, 3.63) is 35.9 Å². The van der Waals surface area contributed by atoms with Crippen LogP contribution in [0.1, 0.15) is 30.0 Å². The molecule has 4 nitrogen and oxygen atoms in total. The van der Waals surface area contributed by atoms with Crippen LogP contribution in [0, 0.1) is 6.92 Å². The summed E-state index contributed by atoms with van der Waals surface area (Å²) in [7, 11) is 0. The van der Waals surface area contributed by atoms with Crippen LogP contribution in [-0.2, 0) is 4.79 Å². The van der Waals surface area contributed by atoms with Gasteiger partial charge in [0, 0.05) is 19.3 Å². The molecule has 0 radical (unpaired) electrons. The minimum atomic E-state index is 0.570. The minimum Gasteiger partial charge on any atom is -0.345 e. The number of hydrogen-bond donors (Lipinski definition) is 0. The summed E-state index contributed by atoms with van der Waals surface area (Å²) in [6.45, 7) is 3.78. The van der Waals surface area contributed by atoms with Crippen LogP contribution in [0.5, 0.6) is 0 Å². The average molecular weight is 243 g/mol. The van der Waals surface area contributed by atoms with Crippen LogP contribution in [0.2, 0.25) is 0 Å². The molecule has 1 amide bonds. The summed E-state index contributed by atoms with van der Waals surface area (Å²) in [6.07, 6.45) is 7.00. The fraction of sp³-hybridized carbons (Fsp3) is 0.429. The van der Waals surface area contributed by atoms with Crippen molar-refractivity contribution in [2.75, 3.05) is 13.1 Å². The molecule has 0 bridgehead atoms. The average Bonchev–Trinajstić information content (AvgIpc) is 2.80. The number of carbonyl (C=O) groups is 1. The van der Waals surface area contributed by atoms with Crippen molar-refractivity contribution >= 4 is 11.9 Å². The van der Waals surface area contributed by atoms with E-state index in [0.717, 1.165) is 38.0 Å². The van der Waals surface area contributed by atoms with Crippen LogP contribution < -0.4 is 0 Å². The molecule has 0 N–H and O–H groups in total. The largest absolute Gasteiger partial charge is 0.345 e. The third-order valence-corrected chi connectivity index (χ3v) is 3.91. The first-order valence-electron chi connectivity index (χ1n) is 6.40. The molecule has 1 saturated heterocycles. The SMILES string of the molecule is Cc1ncn2ccc(C3CCN(C=O)CC3)cc12. The molecule has 0 atom stereocenters. The zero-order valence-corrected chi connectivity index (χ0v) is 10.5. The molecule has 1 aliphatic heterocycles. The first-order chi connectivity index (χ1) is 8.78. The standard InChI is InChI=1S/C14H17N3O/c1-11-14-8-13(4-7-17(14)9-15-11)12-2-5-16(10-18)6-3-12/h4,7-10,12H,2-3,5-6H2,1H3. The second-order valence-corrected chi connectivity index (χ2v) is 5.00. The summed E-state index contributed by atoms with van der Waals surface area (Å²) < 4.78 is 2.05. The topological polar surface area (TPSA) is 37.6 Å². The van der Waals surface area contributed by atoms with Crippen molar-refractivity contribution in [3.63, 3.8) is 0 Å². The number of carbonyl (C=O) groups excluding carboxylic acids is 1. The molecule has 0 spiro atoms. The fourth-order valence-electron chi connectivity index (χ4n) is 2.73. The Balaban J connectivity index is 1.86. The maximum absolute atomic E-state index is 10.7. The summed E-state index contributed by atoms with van der Waals surface area (Å²) in [4.78, 5) is 16.9. The van der Waals surface area contributed by atoms with E-state index < -0.39 is 0 Å². The number of aryl methyl sites for hydroxylation is 1. The molecule has 1 fully saturated rings. The molecular formula is C14H17N3O. The van der Waals surface area contributed by atoms with Gasteiger partial charge in [-0.25, -0.2) is 4.98 Å². The molecule has 3 heterocycles. The number of piperidine rings is 1. The number of imidazole rings is 1. The van der Waals surface area contributed by atoms with Gasteiger partial charge in [-0.1, -0.05) is 0 Å². The van der Waals surface area contributed by atoms with E-state index in [9.17, 15) is 4.79 Å². The zero-order valence-electron chi connectivity index (χ0n) is 10.5. The van der Waals surface area contributed by atoms with Crippen LogP contribution in [0.15, 0.2) is 24.7 Å². The summed E-state index contributed by atoms with van der Waals surface area (Å²) in [5.41, 5.74) is 3.63. The normalized spacial score (nSPS) is 17.3. The van der Waals surface area contributed by atoms with Gasteiger partial charge < -0.3 is 9.30 Å². The number of aromatic nitrogens is 2. The predicted octanol–water partition coefficient (Wildman–Crippen LogP) is 1.98. The highest BCUT2D eigenvalue weighted by Crippen LogP contribution is 2.28. The molecule has 1 aliphatic rings. The molecule has 2 aromatic heterocycles. The van der Waals surface area contributed by atoms with Crippen molar-refractivity contribution in [1.82, 2.24) is 14.3 Å². The lowest BCUT2D eigenvalue weighted by Gasteiger charge is -2.29. The Kier molecular flexibility index (Phi) is 2.78. The van der Waals surface area contributed by atoms with Crippen LogP contribution >= 0.6 is 0 Å². The van der Waals surface area contributed by atoms with Gasteiger partial charge in [-0.3, -0.25) is 4.79 Å². The van der Waals surface area contributed by atoms with Crippen molar-refractivity contribution in [1.29, 1.82) is 0 Å². The van der Waals surface area contributed by atoms with Gasteiger partial charge in [0.25, 0.3) is 0 Å². The van der Waals surface area contributed by atoms with E-state index in [0.29, 0.717) is 5.92 Å². The highest BCUT2D eigenvalue weighted by atomic mass is 16.1. The third kappa shape index (κ3) is 1.88. The van der Waals surface area contributed by atoms with E-state index >= 15 is 0 Å². The molecule has 18 heavy (non-hydrogen) atoms. The van der Waals surface area contributed by atoms with Gasteiger partial charge in [-0.05, 0) is 43.4 Å². The predicted molar refractivity (Wildman–Crippen MR) is 69.5 cm³/mol.